The van der Waals surface area contributed by atoms with Crippen molar-refractivity contribution in [1.29, 1.82) is 0 Å². The number of H-pyrrole nitrogens is 1. The number of anilines is 1. The van der Waals surface area contributed by atoms with E-state index in [-0.39, 0.29) is 69.8 Å². The predicted octanol–water partition coefficient (Wildman–Crippen LogP) is -4.90. The lowest BCUT2D eigenvalue weighted by molar-refractivity contribution is -0.165. The molecule has 0 bridgehead atoms. The van der Waals surface area contributed by atoms with Crippen LogP contribution in [0.3, 0.4) is 0 Å². The Morgan fingerprint density at radius 2 is 1.24 bits per heavy atom. The summed E-state index contributed by atoms with van der Waals surface area (Å²) in [7, 11) is 0. The number of esters is 1. The Kier molecular flexibility index (Phi) is 28.0. The number of cyclic esters (lactones) is 1. The summed E-state index contributed by atoms with van der Waals surface area (Å²) < 4.78 is 5.67. The number of carboxylic acids is 2. The van der Waals surface area contributed by atoms with E-state index in [1.54, 1.807) is 0 Å². The number of aliphatic hydroxyl groups is 7. The number of hydrogen-bond acceptors (Lipinski definition) is 22. The van der Waals surface area contributed by atoms with Crippen molar-refractivity contribution < 1.29 is 103 Å². The number of aromatic amines is 1. The molecular formula is C56H87N11O22. The van der Waals surface area contributed by atoms with Gasteiger partial charge >= 0.3 is 17.9 Å². The second-order valence-electron chi connectivity index (χ2n) is 23.3. The molecular weight excluding hydrogens is 1180 g/mol. The van der Waals surface area contributed by atoms with Crippen LogP contribution in [0, 0.1) is 5.92 Å². The highest BCUT2D eigenvalue weighted by molar-refractivity contribution is 6.00. The van der Waals surface area contributed by atoms with E-state index >= 15 is 0 Å². The Morgan fingerprint density at radius 3 is 1.85 bits per heavy atom. The van der Waals surface area contributed by atoms with Gasteiger partial charge in [0.15, 0.2) is 18.2 Å². The number of hydrogen-bond donors (Lipinski definition) is 16. The molecule has 4 aliphatic heterocycles. The van der Waals surface area contributed by atoms with Crippen molar-refractivity contribution >= 4 is 71.1 Å². The van der Waals surface area contributed by atoms with E-state index in [4.69, 9.17) is 4.74 Å². The van der Waals surface area contributed by atoms with E-state index in [0.29, 0.717) is 23.7 Å². The molecule has 8 amide bonds. The third kappa shape index (κ3) is 20.3. The Morgan fingerprint density at radius 1 is 0.640 bits per heavy atom. The first-order valence-electron chi connectivity index (χ1n) is 30.2. The van der Waals surface area contributed by atoms with Crippen LogP contribution in [0.25, 0.3) is 0 Å². The molecule has 498 valence electrons. The highest BCUT2D eigenvalue weighted by Gasteiger charge is 2.49. The van der Waals surface area contributed by atoms with Crippen LogP contribution in [0.5, 0.6) is 0 Å². The summed E-state index contributed by atoms with van der Waals surface area (Å²) in [6.07, 6.45) is -6.58. The number of carbonyl (C=O) groups is 11. The van der Waals surface area contributed by atoms with Gasteiger partial charge in [-0.15, -0.1) is 0 Å². The standard InChI is InChI=1S/C56H87N11O22/c1-28(2)14-9-7-5-4-6-8-10-15-30-24-38(73)61-40(29(3)70)52(83)66-22-13-18-35(66)51(82)65-21-12-17-34(65)47(78)58-31(16-11-20-57-56-60-32(37(72)27-69)25-39(74)62-56)46(77)63-41(44(75)53(84)85)48(79)59-33(26-68)50(81)67-23-19-36(71)43(67)49(80)64-42(55(88)89-30)45(76)54(86)87/h25,28-31,33-37,40-45,68-72,75-76H,4-24,26-27H2,1-3H3,(H,58,78)(H,59,79)(H,61,73)(H,63,77)(H,64,80)(H,84,85)(H,86,87)(H2,57,60,62,74)/t29-,30-,31+,33-,34?,35-,36+,37-,40-,41-,42+,43+,44-,45+/m1/s1. The Hall–Kier alpha value is -7.43. The Balaban J connectivity index is 1.52. The normalized spacial score (nSPS) is 27.1. The zero-order valence-electron chi connectivity index (χ0n) is 50.1. The molecule has 89 heavy (non-hydrogen) atoms. The van der Waals surface area contributed by atoms with Crippen LogP contribution in [0.2, 0.25) is 0 Å². The number of aliphatic carboxylic acids is 2. The molecule has 0 aromatic carbocycles. The number of rotatable bonds is 23. The second-order valence-corrected chi connectivity index (χ2v) is 23.3. The molecule has 0 radical (unpaired) electrons. The topological polar surface area (TPSA) is 507 Å². The van der Waals surface area contributed by atoms with Gasteiger partial charge in [0.1, 0.15) is 54.5 Å². The van der Waals surface area contributed by atoms with Crippen LogP contribution in [0.15, 0.2) is 10.9 Å². The van der Waals surface area contributed by atoms with Gasteiger partial charge < -0.3 is 97.3 Å². The van der Waals surface area contributed by atoms with Gasteiger partial charge in [0, 0.05) is 32.2 Å². The van der Waals surface area contributed by atoms with Gasteiger partial charge in [-0.05, 0) is 70.6 Å². The monoisotopic (exact) mass is 1270 g/mol. The Bertz CT molecular complexity index is 2720. The predicted molar refractivity (Wildman–Crippen MR) is 307 cm³/mol. The van der Waals surface area contributed by atoms with Crippen LogP contribution in [0.4, 0.5) is 5.95 Å². The van der Waals surface area contributed by atoms with Crippen LogP contribution >= 0.6 is 0 Å². The number of aromatic nitrogens is 2. The summed E-state index contributed by atoms with van der Waals surface area (Å²) in [5.41, 5.74) is -0.935. The minimum absolute atomic E-state index is 0.00561. The molecule has 4 saturated heterocycles. The van der Waals surface area contributed by atoms with E-state index in [1.165, 1.54) is 11.8 Å². The maximum Gasteiger partial charge on any atom is 0.335 e. The number of nitrogens with one attached hydrogen (secondary N) is 7. The summed E-state index contributed by atoms with van der Waals surface area (Å²) in [6.45, 7) is 2.58. The minimum Gasteiger partial charge on any atom is -0.479 e. The average Bonchev–Trinajstić information content (AvgIpc) is 1.95. The number of unbranched alkanes of at least 4 members (excludes halogenated alkanes) is 6. The number of aliphatic hydroxyl groups excluding tert-OH is 7. The first kappa shape index (κ1) is 72.3. The van der Waals surface area contributed by atoms with Crippen molar-refractivity contribution in [2.24, 2.45) is 5.92 Å². The number of fused-ring (bicyclic) bond motifs is 3. The summed E-state index contributed by atoms with van der Waals surface area (Å²) >= 11 is 0. The first-order chi connectivity index (χ1) is 42.2. The maximum absolute atomic E-state index is 14.6. The summed E-state index contributed by atoms with van der Waals surface area (Å²) in [6, 6.07) is -14.4. The third-order valence-corrected chi connectivity index (χ3v) is 16.1. The van der Waals surface area contributed by atoms with E-state index in [2.05, 4.69) is 45.1 Å². The van der Waals surface area contributed by atoms with E-state index < -0.39 is 195 Å². The number of nitrogens with zero attached hydrogens (tertiary/aromatic N) is 4. The van der Waals surface area contributed by atoms with Gasteiger partial charge in [-0.3, -0.25) is 48.1 Å². The van der Waals surface area contributed by atoms with E-state index in [9.17, 15) is 103 Å². The lowest BCUT2D eigenvalue weighted by Gasteiger charge is -2.34. The third-order valence-electron chi connectivity index (χ3n) is 16.1. The SMILES string of the molecule is CC(C)CCCCCCCCC[C@@H]1CC(=O)N[C@H]([C@@H](C)O)C(=O)N2CCC[C@@H]2C(=O)N2CCCC2C(=O)N[C@@H](CCCNc2nc([C@H](O)CO)cc(=O)[nH]2)C(=O)N[C@H]([C@@H](O)C(=O)O)C(=O)N[C@H](CO)C(=O)N2CC[C@H](O)[C@H]2C(=O)N[C@@H]([C@H](O)C(=O)O)C(=O)O1. The van der Waals surface area contributed by atoms with Gasteiger partial charge in [-0.1, -0.05) is 58.8 Å². The lowest BCUT2D eigenvalue weighted by Crippen LogP contribution is -2.64. The van der Waals surface area contributed by atoms with Crippen molar-refractivity contribution in [3.63, 3.8) is 0 Å². The zero-order valence-corrected chi connectivity index (χ0v) is 50.1. The molecule has 1 aromatic rings. The summed E-state index contributed by atoms with van der Waals surface area (Å²) in [5, 5.41) is 108. The molecule has 1 unspecified atom stereocenters. The quantitative estimate of drug-likeness (QED) is 0.0361. The molecule has 5 heterocycles. The fourth-order valence-electron chi connectivity index (χ4n) is 11.2. The molecule has 1 aromatic heterocycles. The Labute approximate surface area is 512 Å². The molecule has 4 aliphatic rings. The molecule has 16 N–H and O–H groups in total. The molecule has 14 atom stereocenters. The van der Waals surface area contributed by atoms with Crippen LogP contribution in [-0.4, -0.2) is 254 Å². The molecule has 0 spiro atoms. The second kappa shape index (κ2) is 34.5. The molecule has 33 nitrogen and oxygen atoms in total. The molecule has 0 saturated carbocycles. The molecule has 5 rings (SSSR count). The van der Waals surface area contributed by atoms with Crippen molar-refractivity contribution in [3.8, 4) is 0 Å². The molecule has 0 aliphatic carbocycles. The van der Waals surface area contributed by atoms with Gasteiger partial charge in [0.25, 0.3) is 5.56 Å². The first-order valence-corrected chi connectivity index (χ1v) is 30.2. The van der Waals surface area contributed by atoms with E-state index in [1.807, 2.05) is 10.6 Å². The van der Waals surface area contributed by atoms with Crippen LogP contribution < -0.4 is 37.5 Å². The van der Waals surface area contributed by atoms with Crippen LogP contribution in [-0.2, 0) is 57.5 Å². The highest BCUT2D eigenvalue weighted by atomic mass is 16.5. The molecule has 33 heteroatoms. The maximum atomic E-state index is 14.6. The summed E-state index contributed by atoms with van der Waals surface area (Å²) in [5.74, 6) is -14.8. The average molecular weight is 1270 g/mol. The van der Waals surface area contributed by atoms with Gasteiger partial charge in [-0.2, -0.15) is 0 Å². The van der Waals surface area contributed by atoms with Crippen LogP contribution in [0.1, 0.15) is 142 Å². The van der Waals surface area contributed by atoms with Crippen molar-refractivity contribution in [2.45, 2.75) is 215 Å². The van der Waals surface area contributed by atoms with Crippen molar-refractivity contribution in [3.05, 3.63) is 22.1 Å². The molecule has 4 fully saturated rings. The van der Waals surface area contributed by atoms with Crippen molar-refractivity contribution in [1.82, 2.24) is 51.3 Å². The van der Waals surface area contributed by atoms with Crippen molar-refractivity contribution in [2.75, 3.05) is 44.7 Å². The smallest absolute Gasteiger partial charge is 0.335 e. The number of amides is 8. The fourth-order valence-corrected chi connectivity index (χ4v) is 11.2. The van der Waals surface area contributed by atoms with Gasteiger partial charge in [-0.25, -0.2) is 19.4 Å². The number of carbonyl (C=O) groups excluding carboxylic acids is 9. The minimum atomic E-state index is -2.82. The number of carboxylic acid groups (broad SMARTS) is 2. The van der Waals surface area contributed by atoms with Gasteiger partial charge in [0.2, 0.25) is 53.2 Å². The highest BCUT2D eigenvalue weighted by Crippen LogP contribution is 2.27. The fraction of sp³-hybridized carbons (Fsp3) is 0.732. The van der Waals surface area contributed by atoms with E-state index in [0.717, 1.165) is 49.5 Å². The lowest BCUT2D eigenvalue weighted by atomic mass is 10.0. The number of ether oxygens (including phenoxy) is 1. The van der Waals surface area contributed by atoms with Gasteiger partial charge in [0.05, 0.1) is 37.5 Å². The largest absolute Gasteiger partial charge is 0.479 e. The summed E-state index contributed by atoms with van der Waals surface area (Å²) in [4.78, 5) is 175. The zero-order chi connectivity index (χ0) is 65.8.